The average molecular weight is 294 g/mol. The first-order chi connectivity index (χ1) is 8.25. The SMILES string of the molecule is Fc1cc(CNCc2ccccc2)ccc1Br. The third kappa shape index (κ3) is 3.65. The standard InChI is InChI=1S/C14H13BrFN/c15-13-7-6-12(8-14(13)16)10-17-9-11-4-2-1-3-5-11/h1-8,17H,9-10H2. The lowest BCUT2D eigenvalue weighted by atomic mass is 10.2. The molecule has 0 saturated carbocycles. The van der Waals surface area contributed by atoms with Crippen LogP contribution < -0.4 is 5.32 Å². The van der Waals surface area contributed by atoms with E-state index in [0.717, 1.165) is 12.1 Å². The molecule has 0 aliphatic carbocycles. The van der Waals surface area contributed by atoms with Crippen molar-refractivity contribution in [2.75, 3.05) is 0 Å². The fraction of sp³-hybridized carbons (Fsp3) is 0.143. The lowest BCUT2D eigenvalue weighted by molar-refractivity contribution is 0.614. The predicted octanol–water partition coefficient (Wildman–Crippen LogP) is 3.88. The Labute approximate surface area is 109 Å². The summed E-state index contributed by atoms with van der Waals surface area (Å²) in [6.45, 7) is 1.46. The minimum Gasteiger partial charge on any atom is -0.309 e. The summed E-state index contributed by atoms with van der Waals surface area (Å²) in [7, 11) is 0. The van der Waals surface area contributed by atoms with Gasteiger partial charge in [0.2, 0.25) is 0 Å². The van der Waals surface area contributed by atoms with Crippen LogP contribution in [0.5, 0.6) is 0 Å². The first kappa shape index (κ1) is 12.3. The van der Waals surface area contributed by atoms with Gasteiger partial charge < -0.3 is 5.32 Å². The smallest absolute Gasteiger partial charge is 0.137 e. The predicted molar refractivity (Wildman–Crippen MR) is 71.1 cm³/mol. The molecule has 0 radical (unpaired) electrons. The number of nitrogens with one attached hydrogen (secondary N) is 1. The van der Waals surface area contributed by atoms with Gasteiger partial charge in [0.1, 0.15) is 5.82 Å². The van der Waals surface area contributed by atoms with Crippen LogP contribution in [0, 0.1) is 5.82 Å². The second-order valence-corrected chi connectivity index (χ2v) is 4.69. The van der Waals surface area contributed by atoms with Crippen LogP contribution >= 0.6 is 15.9 Å². The van der Waals surface area contributed by atoms with Crippen molar-refractivity contribution in [1.29, 1.82) is 0 Å². The van der Waals surface area contributed by atoms with Crippen LogP contribution in [0.2, 0.25) is 0 Å². The molecule has 0 aromatic heterocycles. The first-order valence-corrected chi connectivity index (χ1v) is 6.23. The zero-order chi connectivity index (χ0) is 12.1. The Morgan fingerprint density at radius 1 is 0.941 bits per heavy atom. The number of hydrogen-bond donors (Lipinski definition) is 1. The second kappa shape index (κ2) is 5.94. The summed E-state index contributed by atoms with van der Waals surface area (Å²) in [5.74, 6) is -0.219. The van der Waals surface area contributed by atoms with Gasteiger partial charge in [0.15, 0.2) is 0 Å². The second-order valence-electron chi connectivity index (χ2n) is 3.84. The minimum absolute atomic E-state index is 0.219. The Morgan fingerprint density at radius 2 is 1.65 bits per heavy atom. The van der Waals surface area contributed by atoms with Crippen LogP contribution in [0.15, 0.2) is 53.0 Å². The van der Waals surface area contributed by atoms with Crippen LogP contribution in [-0.2, 0) is 13.1 Å². The summed E-state index contributed by atoms with van der Waals surface area (Å²) in [6, 6.07) is 15.3. The van der Waals surface area contributed by atoms with Crippen molar-refractivity contribution in [1.82, 2.24) is 5.32 Å². The Bertz CT molecular complexity index is 485. The third-order valence-electron chi connectivity index (χ3n) is 2.49. The quantitative estimate of drug-likeness (QED) is 0.902. The van der Waals surface area contributed by atoms with Crippen molar-refractivity contribution in [2.24, 2.45) is 0 Å². The van der Waals surface area contributed by atoms with E-state index in [-0.39, 0.29) is 5.82 Å². The van der Waals surface area contributed by atoms with Crippen LogP contribution in [0.25, 0.3) is 0 Å². The summed E-state index contributed by atoms with van der Waals surface area (Å²) in [5, 5.41) is 3.28. The topological polar surface area (TPSA) is 12.0 Å². The van der Waals surface area contributed by atoms with Crippen molar-refractivity contribution in [3.8, 4) is 0 Å². The van der Waals surface area contributed by atoms with Gasteiger partial charge in [-0.3, -0.25) is 0 Å². The largest absolute Gasteiger partial charge is 0.309 e. The van der Waals surface area contributed by atoms with Crippen molar-refractivity contribution in [2.45, 2.75) is 13.1 Å². The van der Waals surface area contributed by atoms with Gasteiger partial charge in [-0.15, -0.1) is 0 Å². The minimum atomic E-state index is -0.219. The molecule has 1 N–H and O–H groups in total. The molecule has 0 atom stereocenters. The molecule has 0 unspecified atom stereocenters. The summed E-state index contributed by atoms with van der Waals surface area (Å²) < 4.78 is 13.8. The van der Waals surface area contributed by atoms with Crippen LogP contribution in [0.3, 0.4) is 0 Å². The first-order valence-electron chi connectivity index (χ1n) is 5.44. The molecule has 2 aromatic rings. The fourth-order valence-corrected chi connectivity index (χ4v) is 1.84. The summed E-state index contributed by atoms with van der Waals surface area (Å²) >= 11 is 3.14. The average Bonchev–Trinajstić information content (AvgIpc) is 2.35. The summed E-state index contributed by atoms with van der Waals surface area (Å²) in [5.41, 5.74) is 2.17. The lowest BCUT2D eigenvalue weighted by Gasteiger charge is -2.05. The van der Waals surface area contributed by atoms with E-state index in [4.69, 9.17) is 0 Å². The lowest BCUT2D eigenvalue weighted by Crippen LogP contribution is -2.12. The summed E-state index contributed by atoms with van der Waals surface area (Å²) in [6.07, 6.45) is 0. The van der Waals surface area contributed by atoms with E-state index in [1.165, 1.54) is 5.56 Å². The van der Waals surface area contributed by atoms with Crippen molar-refractivity contribution in [3.63, 3.8) is 0 Å². The molecule has 0 aliphatic heterocycles. The molecule has 2 rings (SSSR count). The molecular weight excluding hydrogens is 281 g/mol. The molecule has 3 heteroatoms. The highest BCUT2D eigenvalue weighted by atomic mass is 79.9. The van der Waals surface area contributed by atoms with Gasteiger partial charge in [0, 0.05) is 13.1 Å². The van der Waals surface area contributed by atoms with Gasteiger partial charge in [-0.1, -0.05) is 36.4 Å². The molecule has 0 heterocycles. The number of hydrogen-bond acceptors (Lipinski definition) is 1. The van der Waals surface area contributed by atoms with Crippen molar-refractivity contribution >= 4 is 15.9 Å². The van der Waals surface area contributed by atoms with E-state index in [0.29, 0.717) is 11.0 Å². The molecule has 1 nitrogen and oxygen atoms in total. The van der Waals surface area contributed by atoms with E-state index in [1.807, 2.05) is 24.3 Å². The Balaban J connectivity index is 1.88. The molecule has 0 fully saturated rings. The van der Waals surface area contributed by atoms with Crippen LogP contribution in [0.1, 0.15) is 11.1 Å². The van der Waals surface area contributed by atoms with Crippen molar-refractivity contribution < 1.29 is 4.39 Å². The number of halogens is 2. The summed E-state index contributed by atoms with van der Waals surface area (Å²) in [4.78, 5) is 0. The fourth-order valence-electron chi connectivity index (χ4n) is 1.60. The molecule has 0 amide bonds. The van der Waals surface area contributed by atoms with E-state index < -0.39 is 0 Å². The third-order valence-corrected chi connectivity index (χ3v) is 3.13. The van der Waals surface area contributed by atoms with Gasteiger partial charge in [0.25, 0.3) is 0 Å². The van der Waals surface area contributed by atoms with Gasteiger partial charge in [-0.2, -0.15) is 0 Å². The molecule has 0 bridgehead atoms. The van der Waals surface area contributed by atoms with Gasteiger partial charge >= 0.3 is 0 Å². The highest BCUT2D eigenvalue weighted by molar-refractivity contribution is 9.10. The maximum absolute atomic E-state index is 13.3. The van der Waals surface area contributed by atoms with Crippen molar-refractivity contribution in [3.05, 3.63) is 69.9 Å². The zero-order valence-electron chi connectivity index (χ0n) is 9.29. The maximum atomic E-state index is 13.3. The Kier molecular flexibility index (Phi) is 4.29. The van der Waals surface area contributed by atoms with Gasteiger partial charge in [-0.05, 0) is 39.2 Å². The van der Waals surface area contributed by atoms with E-state index >= 15 is 0 Å². The molecule has 2 aromatic carbocycles. The maximum Gasteiger partial charge on any atom is 0.137 e. The van der Waals surface area contributed by atoms with E-state index in [9.17, 15) is 4.39 Å². The normalized spacial score (nSPS) is 10.5. The monoisotopic (exact) mass is 293 g/mol. The van der Waals surface area contributed by atoms with Gasteiger partial charge in [-0.25, -0.2) is 4.39 Å². The number of benzene rings is 2. The highest BCUT2D eigenvalue weighted by Gasteiger charge is 2.00. The van der Waals surface area contributed by atoms with Crippen LogP contribution in [0.4, 0.5) is 4.39 Å². The molecule has 0 spiro atoms. The molecule has 88 valence electrons. The Morgan fingerprint density at radius 3 is 2.35 bits per heavy atom. The molecule has 0 saturated heterocycles. The highest BCUT2D eigenvalue weighted by Crippen LogP contribution is 2.16. The van der Waals surface area contributed by atoms with E-state index in [1.54, 1.807) is 12.1 Å². The Hall–Kier alpha value is -1.19. The van der Waals surface area contributed by atoms with Crippen LogP contribution in [-0.4, -0.2) is 0 Å². The molecular formula is C14H13BrFN. The van der Waals surface area contributed by atoms with E-state index in [2.05, 4.69) is 33.4 Å². The zero-order valence-corrected chi connectivity index (χ0v) is 10.9. The molecule has 0 aliphatic rings. The van der Waals surface area contributed by atoms with Gasteiger partial charge in [0.05, 0.1) is 4.47 Å². The number of rotatable bonds is 4. The molecule has 17 heavy (non-hydrogen) atoms.